The minimum Gasteiger partial charge on any atom is -0.465 e. The van der Waals surface area contributed by atoms with E-state index in [9.17, 15) is 9.90 Å². The molecule has 1 aromatic carbocycles. The molecular weight excluding hydrogens is 378 g/mol. The smallest absolute Gasteiger partial charge is 0.408 e. The molecule has 5 nitrogen and oxygen atoms in total. The molecule has 1 aliphatic carbocycles. The van der Waals surface area contributed by atoms with Gasteiger partial charge in [0.15, 0.2) is 0 Å². The molecule has 3 rings (SSSR count). The molecule has 1 amide bonds. The van der Waals surface area contributed by atoms with Crippen molar-refractivity contribution in [3.63, 3.8) is 0 Å². The van der Waals surface area contributed by atoms with Gasteiger partial charge in [-0.1, -0.05) is 18.2 Å². The van der Waals surface area contributed by atoms with Gasteiger partial charge in [-0.15, -0.1) is 0 Å². The number of carboxylic acid groups (broad SMARTS) is 1. The summed E-state index contributed by atoms with van der Waals surface area (Å²) in [6.45, 7) is 5.81. The maximum absolute atomic E-state index is 11.8. The molecule has 7 heteroatoms. The second kappa shape index (κ2) is 5.87. The molecule has 0 saturated heterocycles. The van der Waals surface area contributed by atoms with Gasteiger partial charge in [-0.3, -0.25) is 4.90 Å². The summed E-state index contributed by atoms with van der Waals surface area (Å²) in [5, 5.41) is 10.6. The number of fused-ring (bicyclic) bond motifs is 1. The summed E-state index contributed by atoms with van der Waals surface area (Å²) in [4.78, 5) is 17.8. The summed E-state index contributed by atoms with van der Waals surface area (Å²) in [7, 11) is 0. The monoisotopic (exact) mass is 395 g/mol. The Balaban J connectivity index is 2.06. The predicted octanol–water partition coefficient (Wildman–Crippen LogP) is 4.73. The third kappa shape index (κ3) is 2.99. The van der Waals surface area contributed by atoms with Crippen LogP contribution in [0.25, 0.3) is 10.6 Å². The summed E-state index contributed by atoms with van der Waals surface area (Å²) < 4.78 is 4.77. The van der Waals surface area contributed by atoms with Crippen molar-refractivity contribution in [3.05, 3.63) is 34.1 Å². The fourth-order valence-electron chi connectivity index (χ4n) is 3.30. The first kappa shape index (κ1) is 16.4. The third-order valence-corrected chi connectivity index (χ3v) is 5.45. The molecule has 0 radical (unpaired) electrons. The zero-order valence-corrected chi connectivity index (χ0v) is 15.6. The molecule has 0 spiro atoms. The van der Waals surface area contributed by atoms with Crippen LogP contribution in [0.15, 0.2) is 22.9 Å². The van der Waals surface area contributed by atoms with E-state index < -0.39 is 11.6 Å². The number of rotatable bonds is 2. The number of carbonyl (C=O) groups is 1. The van der Waals surface area contributed by atoms with E-state index in [1.807, 2.05) is 39.0 Å². The number of benzene rings is 1. The van der Waals surface area contributed by atoms with E-state index in [0.29, 0.717) is 4.73 Å². The lowest BCUT2D eigenvalue weighted by Crippen LogP contribution is -2.46. The van der Waals surface area contributed by atoms with Crippen molar-refractivity contribution in [1.29, 1.82) is 0 Å². The van der Waals surface area contributed by atoms with Gasteiger partial charge in [-0.2, -0.15) is 4.37 Å². The quantitative estimate of drug-likeness (QED) is 0.797. The maximum atomic E-state index is 11.8. The number of hydrogen-bond donors (Lipinski definition) is 1. The van der Waals surface area contributed by atoms with Crippen LogP contribution in [-0.4, -0.2) is 31.0 Å². The van der Waals surface area contributed by atoms with Gasteiger partial charge in [0.05, 0.1) is 6.04 Å². The fraction of sp³-hybridized carbons (Fsp3) is 0.438. The molecule has 1 heterocycles. The SMILES string of the molecule is CC(C)(C)N(C(=O)O)C1CCc2c(-c3nc(Br)ns3)cccc21. The van der Waals surface area contributed by atoms with Gasteiger partial charge in [0.25, 0.3) is 0 Å². The molecule has 1 N–H and O–H groups in total. The van der Waals surface area contributed by atoms with Crippen LogP contribution in [0.4, 0.5) is 4.79 Å². The molecule has 2 aromatic rings. The zero-order chi connectivity index (χ0) is 16.8. The number of halogens is 1. The molecule has 1 aromatic heterocycles. The summed E-state index contributed by atoms with van der Waals surface area (Å²) in [5.41, 5.74) is 2.90. The highest BCUT2D eigenvalue weighted by Crippen LogP contribution is 2.43. The topological polar surface area (TPSA) is 66.3 Å². The lowest BCUT2D eigenvalue weighted by molar-refractivity contribution is 0.0701. The number of nitrogens with zero attached hydrogens (tertiary/aromatic N) is 3. The lowest BCUT2D eigenvalue weighted by Gasteiger charge is -2.38. The highest BCUT2D eigenvalue weighted by molar-refractivity contribution is 9.10. The first-order valence-corrected chi connectivity index (χ1v) is 8.99. The van der Waals surface area contributed by atoms with Crippen LogP contribution in [-0.2, 0) is 6.42 Å². The van der Waals surface area contributed by atoms with Crippen LogP contribution in [0.2, 0.25) is 0 Å². The number of aromatic nitrogens is 2. The van der Waals surface area contributed by atoms with Crippen LogP contribution < -0.4 is 0 Å². The standard InChI is InChI=1S/C16H18BrN3O2S/c1-16(2,3)20(15(21)22)12-8-7-9-10(12)5-4-6-11(9)13-18-14(17)19-23-13/h4-6,12H,7-8H2,1-3H3,(H,21,22). The van der Waals surface area contributed by atoms with Gasteiger partial charge in [0, 0.05) is 11.1 Å². The average Bonchev–Trinajstić information content (AvgIpc) is 3.04. The zero-order valence-electron chi connectivity index (χ0n) is 13.2. The minimum absolute atomic E-state index is 0.112. The van der Waals surface area contributed by atoms with E-state index >= 15 is 0 Å². The van der Waals surface area contributed by atoms with Crippen molar-refractivity contribution < 1.29 is 9.90 Å². The van der Waals surface area contributed by atoms with Crippen molar-refractivity contribution in [2.45, 2.75) is 45.2 Å². The number of amides is 1. The van der Waals surface area contributed by atoms with Crippen LogP contribution in [0.5, 0.6) is 0 Å². The second-order valence-corrected chi connectivity index (χ2v) is 8.08. The number of hydrogen-bond acceptors (Lipinski definition) is 4. The van der Waals surface area contributed by atoms with Gasteiger partial charge in [0.1, 0.15) is 5.01 Å². The normalized spacial score (nSPS) is 17.1. The Morgan fingerprint density at radius 2 is 2.17 bits per heavy atom. The van der Waals surface area contributed by atoms with Gasteiger partial charge in [-0.05, 0) is 72.2 Å². The van der Waals surface area contributed by atoms with Crippen molar-refractivity contribution in [2.75, 3.05) is 0 Å². The summed E-state index contributed by atoms with van der Waals surface area (Å²) in [5.74, 6) is 0. The van der Waals surface area contributed by atoms with Gasteiger partial charge >= 0.3 is 6.09 Å². The summed E-state index contributed by atoms with van der Waals surface area (Å²) in [6.07, 6.45) is 0.780. The molecule has 0 fully saturated rings. The molecule has 122 valence electrons. The van der Waals surface area contributed by atoms with Gasteiger partial charge < -0.3 is 5.11 Å². The Kier molecular flexibility index (Phi) is 4.18. The summed E-state index contributed by atoms with van der Waals surface area (Å²) in [6, 6.07) is 5.94. The second-order valence-electron chi connectivity index (χ2n) is 6.62. The Labute approximate surface area is 147 Å². The van der Waals surface area contributed by atoms with Crippen LogP contribution in [0.1, 0.15) is 44.4 Å². The third-order valence-electron chi connectivity index (χ3n) is 4.11. The van der Waals surface area contributed by atoms with Gasteiger partial charge in [0.2, 0.25) is 4.73 Å². The molecule has 23 heavy (non-hydrogen) atoms. The molecule has 0 aliphatic heterocycles. The molecular formula is C16H18BrN3O2S. The van der Waals surface area contributed by atoms with E-state index in [1.54, 1.807) is 4.90 Å². The first-order valence-electron chi connectivity index (χ1n) is 7.42. The highest BCUT2D eigenvalue weighted by Gasteiger charge is 2.38. The maximum Gasteiger partial charge on any atom is 0.408 e. The van der Waals surface area contributed by atoms with Gasteiger partial charge in [-0.25, -0.2) is 9.78 Å². The Bertz CT molecular complexity index is 754. The van der Waals surface area contributed by atoms with Crippen molar-refractivity contribution in [3.8, 4) is 10.6 Å². The summed E-state index contributed by atoms with van der Waals surface area (Å²) >= 11 is 4.64. The molecule has 1 aliphatic rings. The Morgan fingerprint density at radius 1 is 1.43 bits per heavy atom. The predicted molar refractivity (Wildman–Crippen MR) is 93.7 cm³/mol. The first-order chi connectivity index (χ1) is 10.8. The van der Waals surface area contributed by atoms with Crippen LogP contribution >= 0.6 is 27.5 Å². The molecule has 1 unspecified atom stereocenters. The molecule has 0 saturated carbocycles. The Morgan fingerprint density at radius 3 is 2.74 bits per heavy atom. The van der Waals surface area contributed by atoms with E-state index in [0.717, 1.165) is 29.0 Å². The highest BCUT2D eigenvalue weighted by atomic mass is 79.9. The molecule has 0 bridgehead atoms. The van der Waals surface area contributed by atoms with E-state index in [2.05, 4.69) is 25.3 Å². The molecule has 1 atom stereocenters. The van der Waals surface area contributed by atoms with Crippen LogP contribution in [0.3, 0.4) is 0 Å². The van der Waals surface area contributed by atoms with Crippen molar-refractivity contribution >= 4 is 33.6 Å². The Hall–Kier alpha value is -1.47. The van der Waals surface area contributed by atoms with E-state index in [4.69, 9.17) is 0 Å². The lowest BCUT2D eigenvalue weighted by atomic mass is 9.98. The van der Waals surface area contributed by atoms with Crippen molar-refractivity contribution in [1.82, 2.24) is 14.3 Å². The average molecular weight is 396 g/mol. The minimum atomic E-state index is -0.876. The fourth-order valence-corrected chi connectivity index (χ4v) is 4.44. The van der Waals surface area contributed by atoms with Crippen LogP contribution in [0, 0.1) is 0 Å². The van der Waals surface area contributed by atoms with E-state index in [1.165, 1.54) is 17.1 Å². The van der Waals surface area contributed by atoms with E-state index in [-0.39, 0.29) is 6.04 Å². The van der Waals surface area contributed by atoms with Crippen molar-refractivity contribution in [2.24, 2.45) is 0 Å². The largest absolute Gasteiger partial charge is 0.465 e.